The standard InChI is InChI=1S/C12H12ClN.Pd/c13-12(14)9-5-4-8-11(12)10-6-2-1-3-7-10;/h1-8H,9,14H2;. The SMILES string of the molecule is NC1(Cl)CC=CC=C1c1ccccc1.[Pd]. The molecule has 0 radical (unpaired) electrons. The molecule has 3 heteroatoms. The molecule has 1 unspecified atom stereocenters. The summed E-state index contributed by atoms with van der Waals surface area (Å²) < 4.78 is 0. The van der Waals surface area contributed by atoms with Crippen LogP contribution in [-0.2, 0) is 20.4 Å². The summed E-state index contributed by atoms with van der Waals surface area (Å²) in [6.07, 6.45) is 6.64. The van der Waals surface area contributed by atoms with Crippen molar-refractivity contribution in [3.63, 3.8) is 0 Å². The number of hydrogen-bond donors (Lipinski definition) is 1. The molecule has 0 bridgehead atoms. The van der Waals surface area contributed by atoms with Crippen molar-refractivity contribution in [2.24, 2.45) is 5.73 Å². The van der Waals surface area contributed by atoms with E-state index in [2.05, 4.69) is 0 Å². The molecule has 0 saturated carbocycles. The molecule has 1 aromatic rings. The molecule has 0 aromatic heterocycles. The second kappa shape index (κ2) is 5.10. The van der Waals surface area contributed by atoms with Crippen LogP contribution in [0.5, 0.6) is 0 Å². The Labute approximate surface area is 109 Å². The summed E-state index contributed by atoms with van der Waals surface area (Å²) in [7, 11) is 0. The van der Waals surface area contributed by atoms with Gasteiger partial charge in [-0.15, -0.1) is 0 Å². The zero-order valence-corrected chi connectivity index (χ0v) is 10.4. The maximum atomic E-state index is 6.23. The van der Waals surface area contributed by atoms with Gasteiger partial charge in [-0.3, -0.25) is 0 Å². The summed E-state index contributed by atoms with van der Waals surface area (Å²) in [5.41, 5.74) is 8.08. The van der Waals surface area contributed by atoms with Crippen molar-refractivity contribution in [1.82, 2.24) is 0 Å². The predicted octanol–water partition coefficient (Wildman–Crippen LogP) is 2.92. The average molecular weight is 312 g/mol. The average Bonchev–Trinajstić information content (AvgIpc) is 2.18. The summed E-state index contributed by atoms with van der Waals surface area (Å²) in [6.45, 7) is 0. The number of rotatable bonds is 1. The van der Waals surface area contributed by atoms with Crippen LogP contribution >= 0.6 is 11.6 Å². The first-order valence-corrected chi connectivity index (χ1v) is 4.98. The Hall–Kier alpha value is -0.388. The first-order valence-electron chi connectivity index (χ1n) is 4.61. The summed E-state index contributed by atoms with van der Waals surface area (Å²) in [4.78, 5) is -0.754. The van der Waals surface area contributed by atoms with Crippen molar-refractivity contribution in [2.75, 3.05) is 0 Å². The number of nitrogens with two attached hydrogens (primary N) is 1. The van der Waals surface area contributed by atoms with E-state index in [1.807, 2.05) is 48.6 Å². The van der Waals surface area contributed by atoms with Crippen molar-refractivity contribution in [3.8, 4) is 0 Å². The van der Waals surface area contributed by atoms with E-state index in [4.69, 9.17) is 17.3 Å². The Balaban J connectivity index is 0.00000112. The summed E-state index contributed by atoms with van der Waals surface area (Å²) in [5, 5.41) is 0. The van der Waals surface area contributed by atoms with Gasteiger partial charge >= 0.3 is 0 Å². The molecule has 1 aromatic carbocycles. The Kier molecular flexibility index (Phi) is 4.31. The van der Waals surface area contributed by atoms with Crippen LogP contribution in [0.1, 0.15) is 12.0 Å². The summed E-state index contributed by atoms with van der Waals surface area (Å²) >= 11 is 6.23. The predicted molar refractivity (Wildman–Crippen MR) is 60.9 cm³/mol. The Morgan fingerprint density at radius 3 is 2.47 bits per heavy atom. The topological polar surface area (TPSA) is 26.0 Å². The Morgan fingerprint density at radius 1 is 1.20 bits per heavy atom. The molecule has 0 aliphatic heterocycles. The molecular formula is C12H12ClNPd. The number of allylic oxidation sites excluding steroid dienone is 2. The second-order valence-electron chi connectivity index (χ2n) is 3.44. The molecule has 2 rings (SSSR count). The minimum absolute atomic E-state index is 0. The van der Waals surface area contributed by atoms with Crippen molar-refractivity contribution in [2.45, 2.75) is 11.4 Å². The monoisotopic (exact) mass is 311 g/mol. The van der Waals surface area contributed by atoms with Crippen molar-refractivity contribution >= 4 is 17.2 Å². The van der Waals surface area contributed by atoms with Gasteiger partial charge in [-0.2, -0.15) is 0 Å². The van der Waals surface area contributed by atoms with Gasteiger partial charge in [0.15, 0.2) is 0 Å². The molecular weight excluding hydrogens is 300 g/mol. The molecule has 0 heterocycles. The third-order valence-electron chi connectivity index (χ3n) is 2.35. The van der Waals surface area contributed by atoms with Gasteiger partial charge in [0.25, 0.3) is 0 Å². The zero-order valence-electron chi connectivity index (χ0n) is 8.10. The second-order valence-corrected chi connectivity index (χ2v) is 4.12. The number of hydrogen-bond acceptors (Lipinski definition) is 1. The Morgan fingerprint density at radius 2 is 1.87 bits per heavy atom. The fourth-order valence-corrected chi connectivity index (χ4v) is 1.87. The van der Waals surface area contributed by atoms with Gasteiger partial charge in [0.2, 0.25) is 0 Å². The molecule has 0 fully saturated rings. The van der Waals surface area contributed by atoms with E-state index in [1.165, 1.54) is 0 Å². The van der Waals surface area contributed by atoms with Crippen LogP contribution in [0.3, 0.4) is 0 Å². The molecule has 2 N–H and O–H groups in total. The van der Waals surface area contributed by atoms with Gasteiger partial charge in [-0.25, -0.2) is 0 Å². The van der Waals surface area contributed by atoms with Crippen LogP contribution in [0.15, 0.2) is 48.6 Å². The van der Waals surface area contributed by atoms with Gasteiger partial charge < -0.3 is 5.73 Å². The van der Waals surface area contributed by atoms with Crippen LogP contribution in [0.25, 0.3) is 5.57 Å². The Bertz CT molecular complexity index is 382. The fourth-order valence-electron chi connectivity index (χ4n) is 1.61. The van der Waals surface area contributed by atoms with E-state index in [0.717, 1.165) is 11.1 Å². The number of halogens is 1. The molecule has 1 nitrogen and oxygen atoms in total. The van der Waals surface area contributed by atoms with Gasteiger partial charge in [-0.1, -0.05) is 60.2 Å². The molecule has 0 saturated heterocycles. The van der Waals surface area contributed by atoms with Gasteiger partial charge in [0, 0.05) is 26.8 Å². The van der Waals surface area contributed by atoms with Crippen LogP contribution in [-0.4, -0.2) is 5.00 Å². The number of alkyl halides is 1. The van der Waals surface area contributed by atoms with E-state index in [-0.39, 0.29) is 20.4 Å². The molecule has 15 heavy (non-hydrogen) atoms. The first-order chi connectivity index (χ1) is 6.70. The first kappa shape index (κ1) is 12.7. The molecule has 82 valence electrons. The zero-order chi connectivity index (χ0) is 10.0. The van der Waals surface area contributed by atoms with Gasteiger partial charge in [0.05, 0.1) is 0 Å². The van der Waals surface area contributed by atoms with Crippen LogP contribution in [0.4, 0.5) is 0 Å². The molecule has 1 aliphatic rings. The molecule has 0 spiro atoms. The van der Waals surface area contributed by atoms with Crippen molar-refractivity contribution in [1.29, 1.82) is 0 Å². The quantitative estimate of drug-likeness (QED) is 0.482. The number of benzene rings is 1. The molecule has 1 atom stereocenters. The summed E-state index contributed by atoms with van der Waals surface area (Å²) in [6, 6.07) is 10.0. The minimum Gasteiger partial charge on any atom is -0.309 e. The van der Waals surface area contributed by atoms with Gasteiger partial charge in [0.1, 0.15) is 5.00 Å². The maximum absolute atomic E-state index is 6.23. The smallest absolute Gasteiger partial charge is 0.121 e. The van der Waals surface area contributed by atoms with E-state index in [1.54, 1.807) is 0 Å². The normalized spacial score (nSPS) is 24.3. The van der Waals surface area contributed by atoms with E-state index in [0.29, 0.717) is 6.42 Å². The maximum Gasteiger partial charge on any atom is 0.121 e. The third-order valence-corrected chi connectivity index (χ3v) is 2.70. The molecule has 1 aliphatic carbocycles. The molecule has 0 amide bonds. The van der Waals surface area contributed by atoms with Crippen LogP contribution in [0, 0.1) is 0 Å². The minimum atomic E-state index is -0.754. The largest absolute Gasteiger partial charge is 0.309 e. The van der Waals surface area contributed by atoms with Crippen molar-refractivity contribution in [3.05, 3.63) is 54.1 Å². The van der Waals surface area contributed by atoms with Crippen molar-refractivity contribution < 1.29 is 20.4 Å². The van der Waals surface area contributed by atoms with E-state index < -0.39 is 5.00 Å². The fraction of sp³-hybridized carbons (Fsp3) is 0.167. The van der Waals surface area contributed by atoms with E-state index >= 15 is 0 Å². The van der Waals surface area contributed by atoms with E-state index in [9.17, 15) is 0 Å². The third kappa shape index (κ3) is 2.80. The summed E-state index contributed by atoms with van der Waals surface area (Å²) in [5.74, 6) is 0. The van der Waals surface area contributed by atoms with Crippen LogP contribution < -0.4 is 5.73 Å². The van der Waals surface area contributed by atoms with Gasteiger partial charge in [-0.05, 0) is 11.1 Å². The van der Waals surface area contributed by atoms with Crippen LogP contribution in [0.2, 0.25) is 0 Å².